The third-order valence-electron chi connectivity index (χ3n) is 4.56. The first-order valence-electron chi connectivity index (χ1n) is 8.76. The monoisotopic (exact) mass is 344 g/mol. The number of methoxy groups -OCH3 is 4. The van der Waals surface area contributed by atoms with Crippen LogP contribution in [0.3, 0.4) is 0 Å². The zero-order valence-corrected chi connectivity index (χ0v) is 16.4. The van der Waals surface area contributed by atoms with Gasteiger partial charge in [0.15, 0.2) is 5.78 Å². The Morgan fingerprint density at radius 2 is 1.42 bits per heavy atom. The highest BCUT2D eigenvalue weighted by molar-refractivity contribution is 5.99. The van der Waals surface area contributed by atoms with Crippen molar-refractivity contribution < 1.29 is 23.7 Å². The molecule has 0 saturated heterocycles. The maximum atomic E-state index is 13.0. The number of carbonyl (C=O) groups is 1. The van der Waals surface area contributed by atoms with Crippen molar-refractivity contribution in [2.24, 2.45) is 5.41 Å². The van der Waals surface area contributed by atoms with Crippen LogP contribution in [0.4, 0.5) is 0 Å². The summed E-state index contributed by atoms with van der Waals surface area (Å²) in [5.41, 5.74) is -0.648. The molecular weight excluding hydrogens is 308 g/mol. The van der Waals surface area contributed by atoms with Crippen LogP contribution in [0.15, 0.2) is 12.2 Å². The quantitative estimate of drug-likeness (QED) is 0.254. The van der Waals surface area contributed by atoms with Gasteiger partial charge in [0.2, 0.25) is 0 Å². The summed E-state index contributed by atoms with van der Waals surface area (Å²) in [6, 6.07) is 0. The zero-order valence-electron chi connectivity index (χ0n) is 16.4. The maximum Gasteiger partial charge on any atom is 0.298 e. The molecule has 0 aromatic carbocycles. The molecule has 1 unspecified atom stereocenters. The number of hydrogen-bond donors (Lipinski definition) is 0. The van der Waals surface area contributed by atoms with Crippen molar-refractivity contribution in [2.75, 3.05) is 35.0 Å². The molecule has 24 heavy (non-hydrogen) atoms. The SMILES string of the molecule is C=C(C)C(=O)C(CCCCCCCC)(COC)C(OC)(OC)OC. The average Bonchev–Trinajstić information content (AvgIpc) is 2.58. The van der Waals surface area contributed by atoms with E-state index in [4.69, 9.17) is 18.9 Å². The molecule has 0 N–H and O–H groups in total. The van der Waals surface area contributed by atoms with Gasteiger partial charge >= 0.3 is 0 Å². The standard InChI is InChI=1S/C19H36O5/c1-8-9-10-11-12-13-14-18(15-21-4,17(20)16(2)3)19(22-5,23-6)24-7/h2,8-15H2,1,3-7H3. The zero-order chi connectivity index (χ0) is 18.6. The van der Waals surface area contributed by atoms with Crippen molar-refractivity contribution in [3.8, 4) is 0 Å². The van der Waals surface area contributed by atoms with Crippen molar-refractivity contribution in [1.82, 2.24) is 0 Å². The number of hydrogen-bond acceptors (Lipinski definition) is 5. The van der Waals surface area contributed by atoms with E-state index < -0.39 is 11.4 Å². The highest BCUT2D eigenvalue weighted by Gasteiger charge is 2.58. The molecule has 5 nitrogen and oxygen atoms in total. The van der Waals surface area contributed by atoms with Gasteiger partial charge in [0.05, 0.1) is 6.61 Å². The van der Waals surface area contributed by atoms with Gasteiger partial charge in [0.25, 0.3) is 5.97 Å². The molecule has 0 rings (SSSR count). The number of ether oxygens (including phenoxy) is 4. The van der Waals surface area contributed by atoms with Crippen molar-refractivity contribution in [2.45, 2.75) is 64.8 Å². The van der Waals surface area contributed by atoms with Crippen molar-refractivity contribution in [1.29, 1.82) is 0 Å². The second-order valence-corrected chi connectivity index (χ2v) is 6.31. The molecule has 0 radical (unpaired) electrons. The number of ketones is 1. The fraction of sp³-hybridized carbons (Fsp3) is 0.842. The normalized spacial score (nSPS) is 14.4. The van der Waals surface area contributed by atoms with E-state index in [9.17, 15) is 4.79 Å². The Bertz CT molecular complexity index is 368. The van der Waals surface area contributed by atoms with Gasteiger partial charge in [0.1, 0.15) is 5.41 Å². The highest BCUT2D eigenvalue weighted by atomic mass is 16.9. The van der Waals surface area contributed by atoms with Crippen LogP contribution < -0.4 is 0 Å². The van der Waals surface area contributed by atoms with Gasteiger partial charge in [-0.25, -0.2) is 0 Å². The molecule has 0 aliphatic rings. The van der Waals surface area contributed by atoms with Gasteiger partial charge in [-0.05, 0) is 18.9 Å². The van der Waals surface area contributed by atoms with Gasteiger partial charge in [-0.3, -0.25) is 4.79 Å². The predicted octanol–water partition coefficient (Wildman–Crippen LogP) is 4.11. The molecule has 142 valence electrons. The van der Waals surface area contributed by atoms with Crippen molar-refractivity contribution in [3.05, 3.63) is 12.2 Å². The lowest BCUT2D eigenvalue weighted by Crippen LogP contribution is -2.59. The molecule has 1 atom stereocenters. The topological polar surface area (TPSA) is 54.0 Å². The summed E-state index contributed by atoms with van der Waals surface area (Å²) in [6.45, 7) is 7.85. The largest absolute Gasteiger partial charge is 0.383 e. The predicted molar refractivity (Wildman–Crippen MR) is 95.9 cm³/mol. The number of rotatable bonds is 15. The van der Waals surface area contributed by atoms with Gasteiger partial charge in [-0.15, -0.1) is 0 Å². The Hall–Kier alpha value is -0.750. The van der Waals surface area contributed by atoms with E-state index in [1.165, 1.54) is 40.6 Å². The summed E-state index contributed by atoms with van der Waals surface area (Å²) in [6.07, 6.45) is 7.28. The average molecular weight is 344 g/mol. The van der Waals surface area contributed by atoms with Gasteiger partial charge in [0, 0.05) is 28.4 Å². The number of Topliss-reactive ketones (excluding diaryl/α,β-unsaturated/α-hetero) is 1. The Morgan fingerprint density at radius 1 is 0.917 bits per heavy atom. The number of carbonyl (C=O) groups excluding carboxylic acids is 1. The van der Waals surface area contributed by atoms with Gasteiger partial charge in [-0.1, -0.05) is 52.0 Å². The molecule has 0 fully saturated rings. The van der Waals surface area contributed by atoms with E-state index in [0.29, 0.717) is 12.0 Å². The molecule has 0 amide bonds. The fourth-order valence-electron chi connectivity index (χ4n) is 3.33. The van der Waals surface area contributed by atoms with Crippen LogP contribution >= 0.6 is 0 Å². The highest BCUT2D eigenvalue weighted by Crippen LogP contribution is 2.43. The first kappa shape index (κ1) is 23.2. The third kappa shape index (κ3) is 5.38. The summed E-state index contributed by atoms with van der Waals surface area (Å²) >= 11 is 0. The Balaban J connectivity index is 5.45. The Labute approximate surface area is 147 Å². The minimum absolute atomic E-state index is 0.142. The first-order chi connectivity index (χ1) is 11.4. The van der Waals surface area contributed by atoms with Crippen LogP contribution in [0, 0.1) is 5.41 Å². The lowest BCUT2D eigenvalue weighted by atomic mass is 9.74. The molecule has 5 heteroatoms. The molecule has 0 aromatic rings. The van der Waals surface area contributed by atoms with Crippen molar-refractivity contribution in [3.63, 3.8) is 0 Å². The summed E-state index contributed by atoms with van der Waals surface area (Å²) in [7, 11) is 5.99. The van der Waals surface area contributed by atoms with Crippen LogP contribution in [0.1, 0.15) is 58.8 Å². The van der Waals surface area contributed by atoms with E-state index in [-0.39, 0.29) is 12.4 Å². The van der Waals surface area contributed by atoms with E-state index in [2.05, 4.69) is 13.5 Å². The van der Waals surface area contributed by atoms with Gasteiger partial charge < -0.3 is 18.9 Å². The minimum Gasteiger partial charge on any atom is -0.383 e. The van der Waals surface area contributed by atoms with Crippen molar-refractivity contribution >= 4 is 5.78 Å². The van der Waals surface area contributed by atoms with E-state index in [0.717, 1.165) is 19.3 Å². The Kier molecular flexibility index (Phi) is 11.4. The Morgan fingerprint density at radius 3 is 1.83 bits per heavy atom. The molecular formula is C19H36O5. The number of allylic oxidation sites excluding steroid dienone is 1. The smallest absolute Gasteiger partial charge is 0.298 e. The van der Waals surface area contributed by atoms with Crippen LogP contribution in [0.5, 0.6) is 0 Å². The van der Waals surface area contributed by atoms with E-state index >= 15 is 0 Å². The molecule has 0 aliphatic heterocycles. The summed E-state index contributed by atoms with van der Waals surface area (Å²) < 4.78 is 22.0. The fourth-order valence-corrected chi connectivity index (χ4v) is 3.33. The number of unbranched alkanes of at least 4 members (excludes halogenated alkanes) is 5. The van der Waals surface area contributed by atoms with Gasteiger partial charge in [-0.2, -0.15) is 0 Å². The molecule has 0 spiro atoms. The summed E-state index contributed by atoms with van der Waals surface area (Å²) in [5.74, 6) is -1.65. The molecule has 0 heterocycles. The van der Waals surface area contributed by atoms with E-state index in [1.54, 1.807) is 14.0 Å². The molecule has 0 aromatic heterocycles. The third-order valence-corrected chi connectivity index (χ3v) is 4.56. The summed E-state index contributed by atoms with van der Waals surface area (Å²) in [4.78, 5) is 13.0. The maximum absolute atomic E-state index is 13.0. The molecule has 0 bridgehead atoms. The first-order valence-corrected chi connectivity index (χ1v) is 8.76. The molecule has 0 saturated carbocycles. The summed E-state index contributed by atoms with van der Waals surface area (Å²) in [5, 5.41) is 0. The van der Waals surface area contributed by atoms with Crippen LogP contribution in [-0.2, 0) is 23.7 Å². The second kappa shape index (κ2) is 11.7. The van der Waals surface area contributed by atoms with Crippen LogP contribution in [-0.4, -0.2) is 46.8 Å². The minimum atomic E-state index is -1.50. The van der Waals surface area contributed by atoms with Crippen LogP contribution in [0.2, 0.25) is 0 Å². The second-order valence-electron chi connectivity index (χ2n) is 6.31. The van der Waals surface area contributed by atoms with E-state index in [1.807, 2.05) is 0 Å². The molecule has 0 aliphatic carbocycles. The lowest BCUT2D eigenvalue weighted by molar-refractivity contribution is -0.402. The lowest BCUT2D eigenvalue weighted by Gasteiger charge is -2.45. The van der Waals surface area contributed by atoms with Crippen LogP contribution in [0.25, 0.3) is 0 Å².